The lowest BCUT2D eigenvalue weighted by molar-refractivity contribution is 0.00858. The highest BCUT2D eigenvalue weighted by Gasteiger charge is 2.22. The third kappa shape index (κ3) is 4.44. The first-order valence-corrected chi connectivity index (χ1v) is 8.58. The molecule has 0 spiro atoms. The number of rotatable bonds is 7. The van der Waals surface area contributed by atoms with Crippen LogP contribution < -0.4 is 5.32 Å². The Hall–Kier alpha value is -0.580. The molecule has 0 amide bonds. The second-order valence-corrected chi connectivity index (χ2v) is 6.30. The van der Waals surface area contributed by atoms with Crippen LogP contribution in [0.4, 0.5) is 0 Å². The van der Waals surface area contributed by atoms with Crippen molar-refractivity contribution in [1.82, 2.24) is 15.1 Å². The molecule has 0 radical (unpaired) electrons. The van der Waals surface area contributed by atoms with Crippen molar-refractivity contribution in [2.45, 2.75) is 71.1 Å². The largest absolute Gasteiger partial charge is 0.372 e. The highest BCUT2D eigenvalue weighted by molar-refractivity contribution is 6.31. The van der Waals surface area contributed by atoms with Crippen molar-refractivity contribution in [2.75, 3.05) is 6.54 Å². The first-order chi connectivity index (χ1) is 10.2. The fourth-order valence-corrected chi connectivity index (χ4v) is 3.30. The topological polar surface area (TPSA) is 39.1 Å². The lowest BCUT2D eigenvalue weighted by Gasteiger charge is -2.29. The number of aryl methyl sites for hydroxylation is 2. The van der Waals surface area contributed by atoms with Crippen molar-refractivity contribution < 1.29 is 4.74 Å². The van der Waals surface area contributed by atoms with E-state index < -0.39 is 0 Å². The molecular formula is C16H28ClN3O. The lowest BCUT2D eigenvalue weighted by atomic mass is 9.93. The molecule has 0 saturated heterocycles. The van der Waals surface area contributed by atoms with Crippen LogP contribution in [0.25, 0.3) is 0 Å². The molecule has 4 nitrogen and oxygen atoms in total. The van der Waals surface area contributed by atoms with Crippen molar-refractivity contribution in [1.29, 1.82) is 0 Å². The number of nitrogens with zero attached hydrogens (tertiary/aromatic N) is 2. The molecule has 1 aromatic rings. The normalized spacial score (nSPS) is 22.7. The molecule has 1 heterocycles. The zero-order chi connectivity index (χ0) is 15.2. The van der Waals surface area contributed by atoms with Gasteiger partial charge in [0.1, 0.15) is 0 Å². The van der Waals surface area contributed by atoms with Gasteiger partial charge >= 0.3 is 0 Å². The van der Waals surface area contributed by atoms with Crippen LogP contribution in [0.2, 0.25) is 5.02 Å². The first kappa shape index (κ1) is 16.8. The first-order valence-electron chi connectivity index (χ1n) is 8.20. The minimum absolute atomic E-state index is 0.362. The summed E-state index contributed by atoms with van der Waals surface area (Å²) in [4.78, 5) is 0. The van der Waals surface area contributed by atoms with E-state index in [1.807, 2.05) is 11.7 Å². The zero-order valence-corrected chi connectivity index (χ0v) is 14.2. The van der Waals surface area contributed by atoms with Gasteiger partial charge in [0.25, 0.3) is 0 Å². The second-order valence-electron chi connectivity index (χ2n) is 5.92. The number of hydrogen-bond donors (Lipinski definition) is 1. The van der Waals surface area contributed by atoms with Crippen LogP contribution in [0.5, 0.6) is 0 Å². The maximum absolute atomic E-state index is 6.35. The molecule has 120 valence electrons. The summed E-state index contributed by atoms with van der Waals surface area (Å²) >= 11 is 6.35. The van der Waals surface area contributed by atoms with Gasteiger partial charge in [0.2, 0.25) is 0 Å². The van der Waals surface area contributed by atoms with Crippen LogP contribution in [0, 0.1) is 0 Å². The number of hydrogen-bond acceptors (Lipinski definition) is 3. The quantitative estimate of drug-likeness (QED) is 0.838. The Morgan fingerprint density at radius 1 is 1.29 bits per heavy atom. The van der Waals surface area contributed by atoms with Crippen molar-refractivity contribution in [3.63, 3.8) is 0 Å². The number of nitrogens with one attached hydrogen (secondary N) is 1. The van der Waals surface area contributed by atoms with Crippen LogP contribution in [-0.2, 0) is 24.8 Å². The van der Waals surface area contributed by atoms with Gasteiger partial charge in [-0.2, -0.15) is 5.10 Å². The molecule has 0 atom stereocenters. The highest BCUT2D eigenvalue weighted by Crippen LogP contribution is 2.25. The van der Waals surface area contributed by atoms with E-state index in [0.29, 0.717) is 18.8 Å². The Bertz CT molecular complexity index is 439. The molecule has 0 aromatic carbocycles. The number of ether oxygens (including phenoxy) is 1. The summed E-state index contributed by atoms with van der Waals surface area (Å²) in [6.07, 6.45) is 7.12. The molecule has 1 aliphatic rings. The maximum atomic E-state index is 6.35. The molecule has 1 fully saturated rings. The number of aromatic nitrogens is 2. The third-order valence-electron chi connectivity index (χ3n) is 4.32. The maximum Gasteiger partial charge on any atom is 0.0903 e. The van der Waals surface area contributed by atoms with Crippen LogP contribution in [-0.4, -0.2) is 28.5 Å². The van der Waals surface area contributed by atoms with Gasteiger partial charge in [0.05, 0.1) is 29.1 Å². The van der Waals surface area contributed by atoms with Crippen molar-refractivity contribution in [2.24, 2.45) is 7.05 Å². The van der Waals surface area contributed by atoms with Gasteiger partial charge in [0.15, 0.2) is 0 Å². The standard InChI is InChI=1S/C16H28ClN3O/c1-4-10-18-12-6-8-13(9-7-12)21-11-15-16(17)14(5-2)19-20(15)3/h12-13,18H,4-11H2,1-3H3. The molecule has 1 aromatic heterocycles. The SMILES string of the molecule is CCCNC1CCC(OCc2c(Cl)c(CC)nn2C)CC1. The Morgan fingerprint density at radius 2 is 2.00 bits per heavy atom. The smallest absolute Gasteiger partial charge is 0.0903 e. The van der Waals surface area contributed by atoms with Crippen LogP contribution in [0.15, 0.2) is 0 Å². The molecule has 1 aliphatic carbocycles. The Kier molecular flexibility index (Phi) is 6.52. The summed E-state index contributed by atoms with van der Waals surface area (Å²) in [5.41, 5.74) is 1.96. The van der Waals surface area contributed by atoms with Gasteiger partial charge in [-0.15, -0.1) is 0 Å². The Labute approximate surface area is 133 Å². The van der Waals surface area contributed by atoms with Crippen LogP contribution >= 0.6 is 11.6 Å². The molecular weight excluding hydrogens is 286 g/mol. The average molecular weight is 314 g/mol. The molecule has 2 rings (SSSR count). The van der Waals surface area contributed by atoms with E-state index in [2.05, 4.69) is 24.3 Å². The average Bonchev–Trinajstić information content (AvgIpc) is 2.78. The summed E-state index contributed by atoms with van der Waals surface area (Å²) in [6, 6.07) is 0.678. The van der Waals surface area contributed by atoms with E-state index >= 15 is 0 Å². The Balaban J connectivity index is 1.78. The predicted octanol–water partition coefficient (Wildman–Crippen LogP) is 3.46. The van der Waals surface area contributed by atoms with Gasteiger partial charge < -0.3 is 10.1 Å². The molecule has 0 bridgehead atoms. The van der Waals surface area contributed by atoms with Gasteiger partial charge in [0, 0.05) is 13.1 Å². The van der Waals surface area contributed by atoms with Gasteiger partial charge in [-0.25, -0.2) is 0 Å². The molecule has 21 heavy (non-hydrogen) atoms. The summed E-state index contributed by atoms with van der Waals surface area (Å²) in [6.45, 7) is 5.98. The predicted molar refractivity (Wildman–Crippen MR) is 86.7 cm³/mol. The highest BCUT2D eigenvalue weighted by atomic mass is 35.5. The van der Waals surface area contributed by atoms with Crippen LogP contribution in [0.3, 0.4) is 0 Å². The van der Waals surface area contributed by atoms with Gasteiger partial charge in [-0.3, -0.25) is 4.68 Å². The number of halogens is 1. The summed E-state index contributed by atoms with van der Waals surface area (Å²) < 4.78 is 7.92. The van der Waals surface area contributed by atoms with E-state index in [4.69, 9.17) is 16.3 Å². The van der Waals surface area contributed by atoms with E-state index in [1.54, 1.807) is 0 Å². The van der Waals surface area contributed by atoms with E-state index in [9.17, 15) is 0 Å². The Morgan fingerprint density at radius 3 is 2.57 bits per heavy atom. The van der Waals surface area contributed by atoms with E-state index in [-0.39, 0.29) is 0 Å². The van der Waals surface area contributed by atoms with Crippen molar-refractivity contribution in [3.8, 4) is 0 Å². The van der Waals surface area contributed by atoms with Crippen molar-refractivity contribution in [3.05, 3.63) is 16.4 Å². The fraction of sp³-hybridized carbons (Fsp3) is 0.812. The third-order valence-corrected chi connectivity index (χ3v) is 4.75. The second kappa shape index (κ2) is 8.16. The summed E-state index contributed by atoms with van der Waals surface area (Å²) in [5.74, 6) is 0. The molecule has 1 saturated carbocycles. The van der Waals surface area contributed by atoms with E-state index in [0.717, 1.165) is 42.2 Å². The summed E-state index contributed by atoms with van der Waals surface area (Å²) in [5, 5.41) is 8.81. The van der Waals surface area contributed by atoms with Crippen LogP contribution in [0.1, 0.15) is 57.3 Å². The molecule has 5 heteroatoms. The molecule has 1 N–H and O–H groups in total. The van der Waals surface area contributed by atoms with Crippen molar-refractivity contribution >= 4 is 11.6 Å². The molecule has 0 unspecified atom stereocenters. The minimum Gasteiger partial charge on any atom is -0.372 e. The van der Waals surface area contributed by atoms with Gasteiger partial charge in [-0.1, -0.05) is 25.4 Å². The lowest BCUT2D eigenvalue weighted by Crippen LogP contribution is -2.35. The van der Waals surface area contributed by atoms with Gasteiger partial charge in [-0.05, 0) is 45.1 Å². The summed E-state index contributed by atoms with van der Waals surface area (Å²) in [7, 11) is 1.94. The van der Waals surface area contributed by atoms with E-state index in [1.165, 1.54) is 19.3 Å². The zero-order valence-electron chi connectivity index (χ0n) is 13.5. The minimum atomic E-state index is 0.362. The fourth-order valence-electron chi connectivity index (χ4n) is 2.96. The monoisotopic (exact) mass is 313 g/mol. The molecule has 0 aliphatic heterocycles.